The van der Waals surface area contributed by atoms with Crippen molar-refractivity contribution >= 4 is 5.78 Å². The molecule has 0 saturated carbocycles. The van der Waals surface area contributed by atoms with Gasteiger partial charge in [0.05, 0.1) is 12.2 Å². The van der Waals surface area contributed by atoms with Crippen molar-refractivity contribution in [3.63, 3.8) is 0 Å². The van der Waals surface area contributed by atoms with Crippen LogP contribution < -0.4 is 4.74 Å². The van der Waals surface area contributed by atoms with Gasteiger partial charge in [-0.3, -0.25) is 4.79 Å². The number of phenols is 1. The Morgan fingerprint density at radius 1 is 1.57 bits per heavy atom. The zero-order valence-electron chi connectivity index (χ0n) is 8.00. The lowest BCUT2D eigenvalue weighted by Crippen LogP contribution is -1.99. The first kappa shape index (κ1) is 10.5. The molecule has 0 saturated heterocycles. The van der Waals surface area contributed by atoms with E-state index >= 15 is 0 Å². The van der Waals surface area contributed by atoms with E-state index in [1.165, 1.54) is 13.0 Å². The van der Waals surface area contributed by atoms with Crippen LogP contribution in [-0.2, 0) is 0 Å². The summed E-state index contributed by atoms with van der Waals surface area (Å²) in [5.74, 6) is -1.38. The van der Waals surface area contributed by atoms with Crippen LogP contribution in [0.15, 0.2) is 12.1 Å². The number of ketones is 1. The number of hydrogen-bond acceptors (Lipinski definition) is 3. The Labute approximate surface area is 81.1 Å². The molecule has 0 radical (unpaired) electrons. The number of aromatic hydroxyl groups is 1. The van der Waals surface area contributed by atoms with Crippen LogP contribution in [0.3, 0.4) is 0 Å². The van der Waals surface area contributed by atoms with Gasteiger partial charge in [-0.15, -0.1) is 0 Å². The lowest BCUT2D eigenvalue weighted by molar-refractivity contribution is 0.101. The quantitative estimate of drug-likeness (QED) is 0.757. The van der Waals surface area contributed by atoms with Crippen molar-refractivity contribution in [3.8, 4) is 11.5 Å². The fourth-order valence-corrected chi connectivity index (χ4v) is 1.09. The third-order valence-electron chi connectivity index (χ3n) is 1.73. The molecule has 0 spiro atoms. The molecule has 0 atom stereocenters. The van der Waals surface area contributed by atoms with Crippen LogP contribution in [0.2, 0.25) is 0 Å². The maximum Gasteiger partial charge on any atom is 0.168 e. The molecule has 76 valence electrons. The van der Waals surface area contributed by atoms with Gasteiger partial charge >= 0.3 is 0 Å². The molecular formula is C10H11FO3. The molecule has 0 heterocycles. The highest BCUT2D eigenvalue weighted by atomic mass is 19.1. The highest BCUT2D eigenvalue weighted by Gasteiger charge is 2.12. The summed E-state index contributed by atoms with van der Waals surface area (Å²) in [6.45, 7) is 3.31. The lowest BCUT2D eigenvalue weighted by Gasteiger charge is -2.07. The van der Waals surface area contributed by atoms with Crippen molar-refractivity contribution < 1.29 is 19.0 Å². The Bertz CT molecular complexity index is 361. The summed E-state index contributed by atoms with van der Waals surface area (Å²) in [5, 5.41) is 9.24. The van der Waals surface area contributed by atoms with Gasteiger partial charge in [0, 0.05) is 6.07 Å². The summed E-state index contributed by atoms with van der Waals surface area (Å²) in [4.78, 5) is 11.0. The minimum atomic E-state index is -0.672. The van der Waals surface area contributed by atoms with Crippen molar-refractivity contribution in [1.82, 2.24) is 0 Å². The molecule has 1 rings (SSSR count). The molecule has 0 aromatic heterocycles. The number of phenolic OH excluding ortho intramolecular Hbond substituents is 1. The second-order valence-corrected chi connectivity index (χ2v) is 2.79. The van der Waals surface area contributed by atoms with E-state index in [1.54, 1.807) is 6.92 Å². The van der Waals surface area contributed by atoms with Gasteiger partial charge in [0.25, 0.3) is 0 Å². The normalized spacial score (nSPS) is 9.93. The summed E-state index contributed by atoms with van der Waals surface area (Å²) < 4.78 is 18.0. The number of benzene rings is 1. The predicted molar refractivity (Wildman–Crippen MR) is 49.2 cm³/mol. The van der Waals surface area contributed by atoms with Gasteiger partial charge in [0.15, 0.2) is 17.3 Å². The fourth-order valence-electron chi connectivity index (χ4n) is 1.09. The van der Waals surface area contributed by atoms with Crippen LogP contribution in [0.4, 0.5) is 4.39 Å². The van der Waals surface area contributed by atoms with Gasteiger partial charge in [-0.05, 0) is 19.9 Å². The van der Waals surface area contributed by atoms with Crippen LogP contribution in [0.5, 0.6) is 11.5 Å². The highest BCUT2D eigenvalue weighted by Crippen LogP contribution is 2.27. The third kappa shape index (κ3) is 2.02. The summed E-state index contributed by atoms with van der Waals surface area (Å²) in [5.41, 5.74) is 0.0647. The lowest BCUT2D eigenvalue weighted by atomic mass is 10.1. The maximum absolute atomic E-state index is 13.1. The Morgan fingerprint density at radius 2 is 2.21 bits per heavy atom. The number of carbonyl (C=O) groups is 1. The van der Waals surface area contributed by atoms with Crippen LogP contribution in [0.1, 0.15) is 24.2 Å². The number of Topliss-reactive ketones (excluding diaryl/α,β-unsaturated/α-hetero) is 1. The number of hydrogen-bond donors (Lipinski definition) is 1. The van der Waals surface area contributed by atoms with E-state index in [9.17, 15) is 14.3 Å². The molecular weight excluding hydrogens is 187 g/mol. The summed E-state index contributed by atoms with van der Waals surface area (Å²) in [6, 6.07) is 2.08. The topological polar surface area (TPSA) is 46.5 Å². The SMILES string of the molecule is CCOc1cc(C(C)=O)c(O)cc1F. The third-order valence-corrected chi connectivity index (χ3v) is 1.73. The Balaban J connectivity index is 3.20. The molecule has 3 nitrogen and oxygen atoms in total. The maximum atomic E-state index is 13.1. The molecule has 0 amide bonds. The molecule has 0 unspecified atom stereocenters. The van der Waals surface area contributed by atoms with Crippen LogP contribution in [0.25, 0.3) is 0 Å². The average molecular weight is 198 g/mol. The Kier molecular flexibility index (Phi) is 3.06. The van der Waals surface area contributed by atoms with Gasteiger partial charge in [-0.25, -0.2) is 4.39 Å². The average Bonchev–Trinajstić information content (AvgIpc) is 2.09. The summed E-state index contributed by atoms with van der Waals surface area (Å²) in [7, 11) is 0. The molecule has 0 aliphatic rings. The molecule has 0 aliphatic heterocycles. The van der Waals surface area contributed by atoms with Crippen molar-refractivity contribution in [2.75, 3.05) is 6.61 Å². The van der Waals surface area contributed by atoms with Crippen LogP contribution in [-0.4, -0.2) is 17.5 Å². The first-order valence-corrected chi connectivity index (χ1v) is 4.22. The highest BCUT2D eigenvalue weighted by molar-refractivity contribution is 5.97. The molecule has 1 aromatic carbocycles. The molecule has 1 N–H and O–H groups in total. The van der Waals surface area contributed by atoms with Gasteiger partial charge in [-0.2, -0.15) is 0 Å². The van der Waals surface area contributed by atoms with Crippen molar-refractivity contribution in [1.29, 1.82) is 0 Å². The number of rotatable bonds is 3. The van der Waals surface area contributed by atoms with E-state index in [2.05, 4.69) is 0 Å². The fraction of sp³-hybridized carbons (Fsp3) is 0.300. The summed E-state index contributed by atoms with van der Waals surface area (Å²) in [6.07, 6.45) is 0. The second-order valence-electron chi connectivity index (χ2n) is 2.79. The molecule has 14 heavy (non-hydrogen) atoms. The number of halogens is 1. The standard InChI is InChI=1S/C10H11FO3/c1-3-14-10-4-7(6(2)12)9(13)5-8(10)11/h4-5,13H,3H2,1-2H3. The van der Waals surface area contributed by atoms with Gasteiger partial charge in [0.2, 0.25) is 0 Å². The van der Waals surface area contributed by atoms with E-state index in [1.807, 2.05) is 0 Å². The van der Waals surface area contributed by atoms with Gasteiger partial charge in [-0.1, -0.05) is 0 Å². The zero-order chi connectivity index (χ0) is 10.7. The minimum Gasteiger partial charge on any atom is -0.507 e. The largest absolute Gasteiger partial charge is 0.507 e. The molecule has 4 heteroatoms. The molecule has 0 aliphatic carbocycles. The molecule has 0 fully saturated rings. The summed E-state index contributed by atoms with van der Waals surface area (Å²) >= 11 is 0. The smallest absolute Gasteiger partial charge is 0.168 e. The molecule has 1 aromatic rings. The first-order chi connectivity index (χ1) is 6.56. The van der Waals surface area contributed by atoms with Crippen LogP contribution in [0, 0.1) is 5.82 Å². The number of ether oxygens (including phenoxy) is 1. The Morgan fingerprint density at radius 3 is 2.71 bits per heavy atom. The van der Waals surface area contributed by atoms with Crippen molar-refractivity contribution in [3.05, 3.63) is 23.5 Å². The second kappa shape index (κ2) is 4.09. The molecule has 0 bridgehead atoms. The predicted octanol–water partition coefficient (Wildman–Crippen LogP) is 2.13. The van der Waals surface area contributed by atoms with E-state index in [-0.39, 0.29) is 22.8 Å². The van der Waals surface area contributed by atoms with Crippen molar-refractivity contribution in [2.45, 2.75) is 13.8 Å². The Hall–Kier alpha value is -1.58. The first-order valence-electron chi connectivity index (χ1n) is 4.22. The zero-order valence-corrected chi connectivity index (χ0v) is 8.00. The van der Waals surface area contributed by atoms with Gasteiger partial charge < -0.3 is 9.84 Å². The van der Waals surface area contributed by atoms with E-state index in [0.717, 1.165) is 6.07 Å². The van der Waals surface area contributed by atoms with Crippen molar-refractivity contribution in [2.24, 2.45) is 0 Å². The van der Waals surface area contributed by atoms with E-state index in [0.29, 0.717) is 6.61 Å². The minimum absolute atomic E-state index is 0.0181. The van der Waals surface area contributed by atoms with Crippen LogP contribution >= 0.6 is 0 Å². The monoisotopic (exact) mass is 198 g/mol. The van der Waals surface area contributed by atoms with Gasteiger partial charge in [0.1, 0.15) is 5.75 Å². The van der Waals surface area contributed by atoms with E-state index in [4.69, 9.17) is 4.74 Å². The van der Waals surface area contributed by atoms with E-state index < -0.39 is 5.82 Å². The number of carbonyl (C=O) groups excluding carboxylic acids is 1.